The van der Waals surface area contributed by atoms with Gasteiger partial charge >= 0.3 is 5.97 Å². The molecule has 5 nitrogen and oxygen atoms in total. The highest BCUT2D eigenvalue weighted by Gasteiger charge is 2.57. The van der Waals surface area contributed by atoms with Gasteiger partial charge in [0.25, 0.3) is 0 Å². The van der Waals surface area contributed by atoms with E-state index in [9.17, 15) is 14.7 Å². The average Bonchev–Trinajstić information content (AvgIpc) is 2.53. The minimum atomic E-state index is -1.11. The Kier molecular flexibility index (Phi) is 4.02. The van der Waals surface area contributed by atoms with Crippen molar-refractivity contribution in [3.05, 3.63) is 35.9 Å². The van der Waals surface area contributed by atoms with Crippen LogP contribution < -0.4 is 0 Å². The molecule has 2 fully saturated rings. The van der Waals surface area contributed by atoms with Crippen LogP contribution in [0.1, 0.15) is 18.4 Å². The Morgan fingerprint density at radius 3 is 2.82 bits per heavy atom. The molecule has 5 heteroatoms. The number of esters is 1. The zero-order valence-corrected chi connectivity index (χ0v) is 12.7. The molecule has 0 amide bonds. The molecule has 3 rings (SSSR count). The molecule has 1 saturated heterocycles. The summed E-state index contributed by atoms with van der Waals surface area (Å²) in [5.41, 5.74) is 0.0236. The summed E-state index contributed by atoms with van der Waals surface area (Å²) in [6, 6.07) is 9.94. The lowest BCUT2D eigenvalue weighted by atomic mass is 9.64. The number of aliphatic hydroxyl groups is 1. The first-order valence-corrected chi connectivity index (χ1v) is 7.64. The number of aliphatic hydroxyl groups excluding tert-OH is 1. The molecule has 1 heterocycles. The van der Waals surface area contributed by atoms with Crippen LogP contribution in [-0.2, 0) is 20.9 Å². The number of methoxy groups -OCH3 is 1. The molecule has 22 heavy (non-hydrogen) atoms. The van der Waals surface area contributed by atoms with Gasteiger partial charge in [-0.3, -0.25) is 14.5 Å². The molecule has 118 valence electrons. The number of fused-ring (bicyclic) bond motifs is 2. The summed E-state index contributed by atoms with van der Waals surface area (Å²) in [7, 11) is 1.32. The average molecular weight is 303 g/mol. The third-order valence-corrected chi connectivity index (χ3v) is 4.91. The molecular formula is C17H21NO4. The van der Waals surface area contributed by atoms with Crippen molar-refractivity contribution in [3.63, 3.8) is 0 Å². The molecule has 2 aliphatic rings. The molecule has 0 aromatic heterocycles. The summed E-state index contributed by atoms with van der Waals surface area (Å²) < 4.78 is 4.90. The molecule has 2 bridgehead atoms. The lowest BCUT2D eigenvalue weighted by Gasteiger charge is -2.48. The number of Topliss-reactive ketones (excluding diaryl/α,β-unsaturated/α-hetero) is 1. The minimum absolute atomic E-state index is 0.151. The predicted molar refractivity (Wildman–Crippen MR) is 79.9 cm³/mol. The van der Waals surface area contributed by atoms with E-state index in [1.807, 2.05) is 30.3 Å². The van der Waals surface area contributed by atoms with Crippen LogP contribution in [0.4, 0.5) is 0 Å². The Hall–Kier alpha value is -1.72. The first-order chi connectivity index (χ1) is 10.6. The van der Waals surface area contributed by atoms with Crippen LogP contribution in [0.25, 0.3) is 0 Å². The van der Waals surface area contributed by atoms with Gasteiger partial charge in [-0.25, -0.2) is 0 Å². The van der Waals surface area contributed by atoms with Crippen LogP contribution in [0.2, 0.25) is 0 Å². The fraction of sp³-hybridized carbons (Fsp3) is 0.529. The minimum Gasteiger partial charge on any atom is -0.468 e. The first-order valence-electron chi connectivity index (χ1n) is 7.64. The van der Waals surface area contributed by atoms with Gasteiger partial charge in [0.1, 0.15) is 5.41 Å². The van der Waals surface area contributed by atoms with E-state index in [0.717, 1.165) is 5.56 Å². The van der Waals surface area contributed by atoms with Gasteiger partial charge in [-0.05, 0) is 18.4 Å². The molecular weight excluding hydrogens is 282 g/mol. The van der Waals surface area contributed by atoms with E-state index < -0.39 is 23.4 Å². The molecule has 3 unspecified atom stereocenters. The van der Waals surface area contributed by atoms with Crippen molar-refractivity contribution in [2.45, 2.75) is 25.5 Å². The van der Waals surface area contributed by atoms with Crippen LogP contribution in [0.15, 0.2) is 30.3 Å². The Balaban J connectivity index is 1.86. The molecule has 1 N–H and O–H groups in total. The maximum atomic E-state index is 12.7. The maximum Gasteiger partial charge on any atom is 0.320 e. The standard InChI is InChI=1S/C17H21NO4/c1-22-16(21)17-8-7-14(19)13(15(17)20)10-18(11-17)9-12-5-3-2-4-6-12/h2-6,13-14,19H,7-11H2,1H3. The number of hydrogen-bond donors (Lipinski definition) is 1. The van der Waals surface area contributed by atoms with Crippen molar-refractivity contribution in [3.8, 4) is 0 Å². The fourth-order valence-corrected chi connectivity index (χ4v) is 3.76. The number of rotatable bonds is 3. The highest BCUT2D eigenvalue weighted by molar-refractivity contribution is 6.06. The van der Waals surface area contributed by atoms with E-state index >= 15 is 0 Å². The van der Waals surface area contributed by atoms with Crippen molar-refractivity contribution >= 4 is 11.8 Å². The van der Waals surface area contributed by atoms with Crippen molar-refractivity contribution < 1.29 is 19.4 Å². The second kappa shape index (κ2) is 5.82. The number of nitrogens with zero attached hydrogens (tertiary/aromatic N) is 1. The molecule has 0 radical (unpaired) electrons. The molecule has 1 aliphatic carbocycles. The summed E-state index contributed by atoms with van der Waals surface area (Å²) in [6.07, 6.45) is 0.176. The van der Waals surface area contributed by atoms with Gasteiger partial charge in [-0.2, -0.15) is 0 Å². The van der Waals surface area contributed by atoms with E-state index in [2.05, 4.69) is 4.90 Å². The third-order valence-electron chi connectivity index (χ3n) is 4.91. The second-order valence-corrected chi connectivity index (χ2v) is 6.31. The number of carbonyl (C=O) groups is 2. The smallest absolute Gasteiger partial charge is 0.320 e. The summed E-state index contributed by atoms with van der Waals surface area (Å²) in [6.45, 7) is 1.53. The zero-order chi connectivity index (χ0) is 15.7. The van der Waals surface area contributed by atoms with E-state index in [1.165, 1.54) is 7.11 Å². The predicted octanol–water partition coefficient (Wildman–Crippen LogP) is 1.00. The number of piperidine rings is 1. The molecule has 1 aromatic carbocycles. The number of ketones is 1. The second-order valence-electron chi connectivity index (χ2n) is 6.31. The van der Waals surface area contributed by atoms with E-state index in [0.29, 0.717) is 32.5 Å². The highest BCUT2D eigenvalue weighted by Crippen LogP contribution is 2.42. The molecule has 1 saturated carbocycles. The van der Waals surface area contributed by atoms with E-state index in [1.54, 1.807) is 0 Å². The van der Waals surface area contributed by atoms with Gasteiger partial charge in [-0.1, -0.05) is 30.3 Å². The Morgan fingerprint density at radius 1 is 1.41 bits per heavy atom. The Morgan fingerprint density at radius 2 is 2.14 bits per heavy atom. The molecule has 1 aliphatic heterocycles. The number of likely N-dealkylation sites (tertiary alicyclic amines) is 1. The van der Waals surface area contributed by atoms with Gasteiger partial charge in [0, 0.05) is 19.6 Å². The monoisotopic (exact) mass is 303 g/mol. The van der Waals surface area contributed by atoms with Crippen LogP contribution in [0.5, 0.6) is 0 Å². The van der Waals surface area contributed by atoms with E-state index in [-0.39, 0.29) is 5.78 Å². The summed E-state index contributed by atoms with van der Waals surface area (Å²) in [4.78, 5) is 27.0. The lowest BCUT2D eigenvalue weighted by Crippen LogP contribution is -2.63. The van der Waals surface area contributed by atoms with Crippen LogP contribution in [0.3, 0.4) is 0 Å². The zero-order valence-electron chi connectivity index (χ0n) is 12.7. The SMILES string of the molecule is COC(=O)C12CCC(O)C(CN(Cc3ccccc3)C1)C2=O. The number of carbonyl (C=O) groups excluding carboxylic acids is 2. The highest BCUT2D eigenvalue weighted by atomic mass is 16.5. The summed E-state index contributed by atoms with van der Waals surface area (Å²) >= 11 is 0. The third kappa shape index (κ3) is 2.44. The van der Waals surface area contributed by atoms with Crippen molar-refractivity contribution in [1.29, 1.82) is 0 Å². The fourth-order valence-electron chi connectivity index (χ4n) is 3.76. The molecule has 3 atom stereocenters. The number of hydrogen-bond acceptors (Lipinski definition) is 5. The van der Waals surface area contributed by atoms with Gasteiger partial charge in [0.05, 0.1) is 19.1 Å². The topological polar surface area (TPSA) is 66.8 Å². The van der Waals surface area contributed by atoms with Gasteiger partial charge in [0.2, 0.25) is 0 Å². The maximum absolute atomic E-state index is 12.7. The van der Waals surface area contributed by atoms with Crippen LogP contribution in [-0.4, -0.2) is 48.1 Å². The lowest BCUT2D eigenvalue weighted by molar-refractivity contribution is -0.173. The summed E-state index contributed by atoms with van der Waals surface area (Å²) in [5.74, 6) is -1.11. The molecule has 0 spiro atoms. The van der Waals surface area contributed by atoms with Crippen molar-refractivity contribution in [2.24, 2.45) is 11.3 Å². The first kappa shape index (κ1) is 15.2. The number of benzene rings is 1. The van der Waals surface area contributed by atoms with Crippen molar-refractivity contribution in [1.82, 2.24) is 4.90 Å². The quantitative estimate of drug-likeness (QED) is 0.666. The van der Waals surface area contributed by atoms with Gasteiger partial charge < -0.3 is 9.84 Å². The largest absolute Gasteiger partial charge is 0.468 e. The van der Waals surface area contributed by atoms with Crippen molar-refractivity contribution in [2.75, 3.05) is 20.2 Å². The van der Waals surface area contributed by atoms with Gasteiger partial charge in [0.15, 0.2) is 5.78 Å². The number of ether oxygens (including phenoxy) is 1. The van der Waals surface area contributed by atoms with Crippen LogP contribution in [0, 0.1) is 11.3 Å². The molecule has 1 aromatic rings. The Bertz CT molecular complexity index is 573. The summed E-state index contributed by atoms with van der Waals surface area (Å²) in [5, 5.41) is 10.1. The van der Waals surface area contributed by atoms with Crippen LogP contribution >= 0.6 is 0 Å². The van der Waals surface area contributed by atoms with Gasteiger partial charge in [-0.15, -0.1) is 0 Å². The Labute approximate surface area is 129 Å². The normalized spacial score (nSPS) is 31.8. The van der Waals surface area contributed by atoms with E-state index in [4.69, 9.17) is 4.74 Å².